The summed E-state index contributed by atoms with van der Waals surface area (Å²) in [5.41, 5.74) is -0.695. The van der Waals surface area contributed by atoms with E-state index in [-0.39, 0.29) is 0 Å². The van der Waals surface area contributed by atoms with E-state index in [1.54, 1.807) is 0 Å². The molecule has 0 fully saturated rings. The van der Waals surface area contributed by atoms with E-state index < -0.39 is 35.8 Å². The highest BCUT2D eigenvalue weighted by atomic mass is 79.9. The number of nitro groups is 1. The van der Waals surface area contributed by atoms with Gasteiger partial charge in [-0.2, -0.15) is 0 Å². The first kappa shape index (κ1) is 12.0. The molecule has 1 rings (SSSR count). The van der Waals surface area contributed by atoms with Gasteiger partial charge in [-0.15, -0.1) is 0 Å². The number of primary sulfonamides is 1. The van der Waals surface area contributed by atoms with Gasteiger partial charge in [0.1, 0.15) is 10.3 Å². The number of benzene rings is 1. The number of halogens is 2. The van der Waals surface area contributed by atoms with Crippen molar-refractivity contribution in [3.05, 3.63) is 32.5 Å². The van der Waals surface area contributed by atoms with Gasteiger partial charge < -0.3 is 0 Å². The molecule has 2 N–H and O–H groups in total. The summed E-state index contributed by atoms with van der Waals surface area (Å²) >= 11 is 2.63. The highest BCUT2D eigenvalue weighted by molar-refractivity contribution is 9.10. The summed E-state index contributed by atoms with van der Waals surface area (Å²) in [6.45, 7) is 0. The summed E-state index contributed by atoms with van der Waals surface area (Å²) in [6.07, 6.45) is 0. The summed E-state index contributed by atoms with van der Waals surface area (Å²) in [5.74, 6) is -1.06. The van der Waals surface area contributed by atoms with Crippen LogP contribution >= 0.6 is 15.9 Å². The number of hydrogen-bond acceptors (Lipinski definition) is 4. The molecule has 6 nitrogen and oxygen atoms in total. The van der Waals surface area contributed by atoms with Gasteiger partial charge in [0.15, 0.2) is 0 Å². The van der Waals surface area contributed by atoms with Crippen LogP contribution < -0.4 is 5.14 Å². The van der Waals surface area contributed by atoms with Crippen LogP contribution in [0.25, 0.3) is 0 Å². The van der Waals surface area contributed by atoms with E-state index in [2.05, 4.69) is 15.9 Å². The molecule has 0 heterocycles. The van der Waals surface area contributed by atoms with Crippen molar-refractivity contribution >= 4 is 31.6 Å². The van der Waals surface area contributed by atoms with E-state index >= 15 is 0 Å². The summed E-state index contributed by atoms with van der Waals surface area (Å²) in [5, 5.41) is 15.1. The largest absolute Gasteiger partial charge is 0.287 e. The van der Waals surface area contributed by atoms with Crippen LogP contribution in [0.2, 0.25) is 0 Å². The highest BCUT2D eigenvalue weighted by Crippen LogP contribution is 2.30. The van der Waals surface area contributed by atoms with E-state index in [0.29, 0.717) is 12.1 Å². The second-order valence-corrected chi connectivity index (χ2v) is 4.89. The van der Waals surface area contributed by atoms with Crippen LogP contribution in [0.4, 0.5) is 10.1 Å². The van der Waals surface area contributed by atoms with Crippen molar-refractivity contribution in [3.8, 4) is 0 Å². The van der Waals surface area contributed by atoms with Crippen LogP contribution in [0.3, 0.4) is 0 Å². The summed E-state index contributed by atoms with van der Waals surface area (Å²) in [4.78, 5) is 8.87. The lowest BCUT2D eigenvalue weighted by Crippen LogP contribution is -2.13. The minimum Gasteiger partial charge on any atom is -0.258 e. The van der Waals surface area contributed by atoms with Crippen LogP contribution in [0.5, 0.6) is 0 Å². The fourth-order valence-electron chi connectivity index (χ4n) is 0.848. The average Bonchev–Trinajstić information content (AvgIpc) is 2.06. The maximum absolute atomic E-state index is 13.1. The Balaban J connectivity index is 3.57. The van der Waals surface area contributed by atoms with Crippen molar-refractivity contribution in [3.63, 3.8) is 0 Å². The molecule has 0 radical (unpaired) electrons. The SMILES string of the molecule is NS(=O)(=O)c1cc(F)c(Br)c([N+](=O)[O-])c1. The molecule has 0 saturated heterocycles. The van der Waals surface area contributed by atoms with Gasteiger partial charge in [0.05, 0.1) is 9.82 Å². The Kier molecular flexibility index (Phi) is 3.07. The summed E-state index contributed by atoms with van der Waals surface area (Å²) in [6, 6.07) is 1.29. The first-order valence-electron chi connectivity index (χ1n) is 3.39. The lowest BCUT2D eigenvalue weighted by atomic mass is 10.3. The predicted molar refractivity (Wildman–Crippen MR) is 52.1 cm³/mol. The van der Waals surface area contributed by atoms with Crippen molar-refractivity contribution < 1.29 is 17.7 Å². The number of rotatable bonds is 2. The van der Waals surface area contributed by atoms with Gasteiger partial charge in [-0.1, -0.05) is 0 Å². The maximum atomic E-state index is 13.1. The molecule has 0 atom stereocenters. The smallest absolute Gasteiger partial charge is 0.258 e. The number of nitrogens with zero attached hydrogens (tertiary/aromatic N) is 1. The molecule has 0 unspecified atom stereocenters. The second-order valence-electron chi connectivity index (χ2n) is 2.54. The minimum absolute atomic E-state index is 0.417. The molecule has 0 bridgehead atoms. The van der Waals surface area contributed by atoms with Crippen molar-refractivity contribution in [2.45, 2.75) is 4.90 Å². The van der Waals surface area contributed by atoms with Crippen molar-refractivity contribution in [1.82, 2.24) is 0 Å². The summed E-state index contributed by atoms with van der Waals surface area (Å²) in [7, 11) is -4.16. The summed E-state index contributed by atoms with van der Waals surface area (Å²) < 4.78 is 34.3. The fourth-order valence-corrected chi connectivity index (χ4v) is 1.76. The lowest BCUT2D eigenvalue weighted by Gasteiger charge is -2.01. The highest BCUT2D eigenvalue weighted by Gasteiger charge is 2.21. The second kappa shape index (κ2) is 3.83. The van der Waals surface area contributed by atoms with Crippen molar-refractivity contribution in [1.29, 1.82) is 0 Å². The quantitative estimate of drug-likeness (QED) is 0.653. The molecule has 0 aromatic heterocycles. The van der Waals surface area contributed by atoms with E-state index in [0.717, 1.165) is 0 Å². The minimum atomic E-state index is -4.16. The van der Waals surface area contributed by atoms with Gasteiger partial charge in [-0.25, -0.2) is 17.9 Å². The zero-order valence-corrected chi connectivity index (χ0v) is 9.38. The fraction of sp³-hybridized carbons (Fsp3) is 0. The monoisotopic (exact) mass is 298 g/mol. The average molecular weight is 299 g/mol. The zero-order chi connectivity index (χ0) is 11.8. The Morgan fingerprint density at radius 3 is 2.40 bits per heavy atom. The van der Waals surface area contributed by atoms with Crippen molar-refractivity contribution in [2.75, 3.05) is 0 Å². The Bertz CT molecular complexity index is 530. The molecule has 0 spiro atoms. The lowest BCUT2D eigenvalue weighted by molar-refractivity contribution is -0.386. The normalized spacial score (nSPS) is 11.4. The van der Waals surface area contributed by atoms with Crippen LogP contribution in [0, 0.1) is 15.9 Å². The molecular formula is C6H4BrFN2O4S. The first-order chi connectivity index (χ1) is 6.73. The molecule has 0 amide bonds. The molecule has 15 heavy (non-hydrogen) atoms. The number of hydrogen-bond donors (Lipinski definition) is 1. The topological polar surface area (TPSA) is 103 Å². The first-order valence-corrected chi connectivity index (χ1v) is 5.73. The van der Waals surface area contributed by atoms with Crippen LogP contribution in [-0.2, 0) is 10.0 Å². The Hall–Kier alpha value is -1.06. The molecule has 82 valence electrons. The Morgan fingerprint density at radius 2 is 2.00 bits per heavy atom. The number of nitro benzene ring substituents is 1. The van der Waals surface area contributed by atoms with Gasteiger partial charge >= 0.3 is 0 Å². The Labute approximate surface area is 92.2 Å². The zero-order valence-electron chi connectivity index (χ0n) is 6.98. The number of nitrogens with two attached hydrogens (primary N) is 1. The van der Waals surface area contributed by atoms with Gasteiger partial charge in [-0.05, 0) is 22.0 Å². The number of sulfonamides is 1. The molecule has 9 heteroatoms. The third kappa shape index (κ3) is 2.49. The van der Waals surface area contributed by atoms with Crippen LogP contribution in [-0.4, -0.2) is 13.3 Å². The maximum Gasteiger partial charge on any atom is 0.287 e. The molecule has 1 aromatic rings. The molecule has 0 aliphatic heterocycles. The van der Waals surface area contributed by atoms with Gasteiger partial charge in [0.25, 0.3) is 5.69 Å². The third-order valence-electron chi connectivity index (χ3n) is 1.51. The molecule has 0 aliphatic carbocycles. The van der Waals surface area contributed by atoms with E-state index in [1.807, 2.05) is 0 Å². The van der Waals surface area contributed by atoms with Crippen LogP contribution in [0.15, 0.2) is 21.5 Å². The van der Waals surface area contributed by atoms with Gasteiger partial charge in [0.2, 0.25) is 10.0 Å². The van der Waals surface area contributed by atoms with E-state index in [4.69, 9.17) is 5.14 Å². The molecular weight excluding hydrogens is 295 g/mol. The molecule has 0 aliphatic rings. The Morgan fingerprint density at radius 1 is 1.47 bits per heavy atom. The van der Waals surface area contributed by atoms with Gasteiger partial charge in [-0.3, -0.25) is 10.1 Å². The standard InChI is InChI=1S/C6H4BrFN2O4S/c7-6-4(8)1-3(15(9,13)14)2-5(6)10(11)12/h1-2H,(H2,9,13,14). The molecule has 0 saturated carbocycles. The third-order valence-corrected chi connectivity index (χ3v) is 3.19. The van der Waals surface area contributed by atoms with E-state index in [1.165, 1.54) is 0 Å². The van der Waals surface area contributed by atoms with Crippen molar-refractivity contribution in [2.24, 2.45) is 5.14 Å². The van der Waals surface area contributed by atoms with Gasteiger partial charge in [0, 0.05) is 6.07 Å². The van der Waals surface area contributed by atoms with E-state index in [9.17, 15) is 22.9 Å². The predicted octanol–water partition coefficient (Wildman–Crippen LogP) is 1.14. The molecule has 1 aromatic carbocycles. The van der Waals surface area contributed by atoms with Crippen LogP contribution in [0.1, 0.15) is 0 Å².